The Kier molecular flexibility index (Phi) is 8.41. The van der Waals surface area contributed by atoms with Gasteiger partial charge in [-0.3, -0.25) is 9.11 Å². The average molecular weight is 513 g/mol. The van der Waals surface area contributed by atoms with Crippen molar-refractivity contribution in [3.8, 4) is 11.5 Å². The Bertz CT molecular complexity index is 1290. The molecule has 0 saturated heterocycles. The fourth-order valence-electron chi connectivity index (χ4n) is 2.37. The first kappa shape index (κ1) is 26.4. The molecule has 2 rings (SSSR count). The van der Waals surface area contributed by atoms with Crippen LogP contribution in [0.5, 0.6) is 11.5 Å². The normalized spacial score (nSPS) is 13.5. The molecule has 0 radical (unpaired) electrons. The molecule has 0 heterocycles. The van der Waals surface area contributed by atoms with E-state index in [0.717, 1.165) is 24.6 Å². The molecule has 0 fully saturated rings. The number of rotatable bonds is 8. The lowest BCUT2D eigenvalue weighted by molar-refractivity contribution is 0.397. The molecule has 0 unspecified atom stereocenters. The largest absolute Gasteiger partial charge is 0.495 e. The zero-order valence-corrected chi connectivity index (χ0v) is 19.4. The van der Waals surface area contributed by atoms with E-state index in [9.17, 15) is 25.9 Å². The number of methoxy groups -OCH3 is 2. The van der Waals surface area contributed by atoms with E-state index in [1.54, 1.807) is 0 Å². The predicted octanol–water partition coefficient (Wildman–Crippen LogP) is 0.280. The molecule has 0 aliphatic carbocycles. The second kappa shape index (κ2) is 10.8. The number of ether oxygens (including phenoxy) is 2. The van der Waals surface area contributed by atoms with E-state index in [1.807, 2.05) is 0 Å². The highest BCUT2D eigenvalue weighted by Gasteiger charge is 2.17. The third-order valence-electron chi connectivity index (χ3n) is 3.94. The summed E-state index contributed by atoms with van der Waals surface area (Å²) in [6, 6.07) is 7.77. The molecule has 16 heteroatoms. The third-order valence-corrected chi connectivity index (χ3v) is 5.69. The van der Waals surface area contributed by atoms with Crippen LogP contribution in [0.1, 0.15) is 11.1 Å². The first-order chi connectivity index (χ1) is 15.9. The van der Waals surface area contributed by atoms with Crippen molar-refractivity contribution >= 4 is 44.3 Å². The number of benzene rings is 2. The van der Waals surface area contributed by atoms with Crippen LogP contribution in [0, 0.1) is 0 Å². The maximum atomic E-state index is 11.4. The molecule has 0 spiro atoms. The van der Waals surface area contributed by atoms with Crippen molar-refractivity contribution in [2.24, 2.45) is 31.9 Å². The fourth-order valence-corrected chi connectivity index (χ4v) is 3.75. The highest BCUT2D eigenvalue weighted by molar-refractivity contribution is 7.86. The Labute approximate surface area is 194 Å². The van der Waals surface area contributed by atoms with Gasteiger partial charge in [-0.2, -0.15) is 27.0 Å². The van der Waals surface area contributed by atoms with Crippen molar-refractivity contribution in [1.29, 1.82) is 0 Å². The first-order valence-corrected chi connectivity index (χ1v) is 11.8. The lowest BCUT2D eigenvalue weighted by Gasteiger charge is -2.06. The topological polar surface area (TPSA) is 229 Å². The summed E-state index contributed by atoms with van der Waals surface area (Å²) in [6.07, 6.45) is 2.29. The summed E-state index contributed by atoms with van der Waals surface area (Å²) < 4.78 is 74.0. The van der Waals surface area contributed by atoms with Crippen LogP contribution in [-0.4, -0.2) is 64.3 Å². The molecule has 2 aromatic rings. The Morgan fingerprint density at radius 2 is 1.12 bits per heavy atom. The molecule has 0 atom stereocenters. The van der Waals surface area contributed by atoms with Crippen molar-refractivity contribution in [2.45, 2.75) is 9.79 Å². The Hall–Kier alpha value is -3.86. The Morgan fingerprint density at radius 1 is 0.765 bits per heavy atom. The fraction of sp³-hybridized carbons (Fsp3) is 0.111. The minimum absolute atomic E-state index is 0.0579. The van der Waals surface area contributed by atoms with E-state index in [1.165, 1.54) is 38.5 Å². The van der Waals surface area contributed by atoms with Gasteiger partial charge in [-0.15, -0.1) is 10.2 Å². The van der Waals surface area contributed by atoms with Crippen molar-refractivity contribution in [1.82, 2.24) is 0 Å². The molecular weight excluding hydrogens is 492 g/mol. The van der Waals surface area contributed by atoms with Gasteiger partial charge in [-0.1, -0.05) is 0 Å². The third kappa shape index (κ3) is 7.07. The summed E-state index contributed by atoms with van der Waals surface area (Å²) in [7, 11) is -6.56. The van der Waals surface area contributed by atoms with E-state index in [4.69, 9.17) is 20.9 Å². The minimum Gasteiger partial charge on any atom is -0.495 e. The average Bonchev–Trinajstić information content (AvgIpc) is 2.77. The van der Waals surface area contributed by atoms with Crippen molar-refractivity contribution < 1.29 is 35.4 Å². The smallest absolute Gasteiger partial charge is 0.298 e. The molecule has 0 aromatic heterocycles. The first-order valence-electron chi connectivity index (χ1n) is 8.91. The zero-order valence-electron chi connectivity index (χ0n) is 17.7. The van der Waals surface area contributed by atoms with Gasteiger partial charge in [0.1, 0.15) is 21.3 Å². The summed E-state index contributed by atoms with van der Waals surface area (Å²) in [5, 5.41) is 14.6. The van der Waals surface area contributed by atoms with E-state index < -0.39 is 30.0 Å². The van der Waals surface area contributed by atoms with Crippen molar-refractivity contribution in [3.63, 3.8) is 0 Å². The number of hydrogen-bond acceptors (Lipinski definition) is 10. The van der Waals surface area contributed by atoms with Gasteiger partial charge in [0.05, 0.1) is 26.6 Å². The summed E-state index contributed by atoms with van der Waals surface area (Å²) >= 11 is 0. The van der Waals surface area contributed by atoms with E-state index in [-0.39, 0.29) is 34.3 Å². The van der Waals surface area contributed by atoms with Gasteiger partial charge < -0.3 is 20.9 Å². The Morgan fingerprint density at radius 3 is 1.41 bits per heavy atom. The highest BCUT2D eigenvalue weighted by Crippen LogP contribution is 2.25. The van der Waals surface area contributed by atoms with Crippen molar-refractivity contribution in [2.75, 3.05) is 14.2 Å². The summed E-state index contributed by atoms with van der Waals surface area (Å²) in [4.78, 5) is -0.913. The molecule has 6 N–H and O–H groups in total. The molecule has 0 aliphatic heterocycles. The van der Waals surface area contributed by atoms with Crippen LogP contribution in [0.3, 0.4) is 0 Å². The SMILES string of the molecule is COc1ccc(C=N/N=C(N)/C(N)=N/N=Cc2ccc(OC)c(S(=O)(=O)O)c2)cc1S(=O)(=O)O. The number of hydrogen-bond donors (Lipinski definition) is 4. The van der Waals surface area contributed by atoms with Crippen LogP contribution >= 0.6 is 0 Å². The molecule has 0 bridgehead atoms. The highest BCUT2D eigenvalue weighted by atomic mass is 32.2. The van der Waals surface area contributed by atoms with Gasteiger partial charge in [0.15, 0.2) is 11.7 Å². The van der Waals surface area contributed by atoms with E-state index in [2.05, 4.69) is 20.4 Å². The maximum Gasteiger partial charge on any atom is 0.298 e. The summed E-state index contributed by atoms with van der Waals surface area (Å²) in [5.41, 5.74) is 11.8. The van der Waals surface area contributed by atoms with Crippen LogP contribution < -0.4 is 20.9 Å². The summed E-state index contributed by atoms with van der Waals surface area (Å²) in [6.45, 7) is 0. The molecule has 14 nitrogen and oxygen atoms in total. The van der Waals surface area contributed by atoms with E-state index >= 15 is 0 Å². The van der Waals surface area contributed by atoms with Crippen LogP contribution in [0.25, 0.3) is 0 Å². The van der Waals surface area contributed by atoms with Crippen LogP contribution in [0.15, 0.2) is 66.6 Å². The molecule has 0 amide bonds. The molecule has 34 heavy (non-hydrogen) atoms. The molecular formula is C18H20N6O8S2. The zero-order chi connectivity index (χ0) is 25.5. The molecule has 0 aliphatic rings. The standard InChI is InChI=1S/C18H20N6O8S2/c1-31-13-5-3-11(7-15(13)33(25,26)27)9-21-23-17(19)18(20)24-22-10-12-4-6-14(32-2)16(8-12)34(28,29)30/h3-10H,1-2H3,(H2,19,23)(H2,20,24)(H,25,26,27)(H,28,29,30). The van der Waals surface area contributed by atoms with E-state index in [0.29, 0.717) is 0 Å². The quantitative estimate of drug-likeness (QED) is 0.163. The Balaban J connectivity index is 2.19. The van der Waals surface area contributed by atoms with Gasteiger partial charge >= 0.3 is 0 Å². The number of nitrogens with zero attached hydrogens (tertiary/aromatic N) is 4. The summed E-state index contributed by atoms with van der Waals surface area (Å²) in [5.74, 6) is -0.773. The second-order valence-corrected chi connectivity index (χ2v) is 9.01. The van der Waals surface area contributed by atoms with Crippen molar-refractivity contribution in [3.05, 3.63) is 47.5 Å². The molecule has 2 aromatic carbocycles. The van der Waals surface area contributed by atoms with Gasteiger partial charge in [-0.25, -0.2) is 0 Å². The van der Waals surface area contributed by atoms with Gasteiger partial charge in [0.25, 0.3) is 20.2 Å². The van der Waals surface area contributed by atoms with Gasteiger partial charge in [0, 0.05) is 0 Å². The lowest BCUT2D eigenvalue weighted by Crippen LogP contribution is -2.30. The lowest BCUT2D eigenvalue weighted by atomic mass is 10.2. The van der Waals surface area contributed by atoms with Crippen LogP contribution in [0.2, 0.25) is 0 Å². The predicted molar refractivity (Wildman–Crippen MR) is 124 cm³/mol. The maximum absolute atomic E-state index is 11.4. The second-order valence-electron chi connectivity index (χ2n) is 6.23. The van der Waals surface area contributed by atoms with Crippen LogP contribution in [-0.2, 0) is 20.2 Å². The molecule has 182 valence electrons. The number of nitrogens with two attached hydrogens (primary N) is 2. The van der Waals surface area contributed by atoms with Crippen LogP contribution in [0.4, 0.5) is 0 Å². The van der Waals surface area contributed by atoms with Gasteiger partial charge in [-0.05, 0) is 47.5 Å². The monoisotopic (exact) mass is 512 g/mol. The number of amidine groups is 2. The molecule has 0 saturated carbocycles. The minimum atomic E-state index is -4.53. The van der Waals surface area contributed by atoms with Gasteiger partial charge in [0.2, 0.25) is 0 Å².